The Balaban J connectivity index is 2.04. The first kappa shape index (κ1) is 20.1. The van der Waals surface area contributed by atoms with Gasteiger partial charge in [-0.1, -0.05) is 48.5 Å². The molecule has 6 heteroatoms. The molecule has 0 bridgehead atoms. The lowest BCUT2D eigenvalue weighted by Crippen LogP contribution is -2.19. The van der Waals surface area contributed by atoms with E-state index in [0.717, 1.165) is 22.2 Å². The molecule has 1 N–H and O–H groups in total. The van der Waals surface area contributed by atoms with Crippen LogP contribution in [0.15, 0.2) is 72.4 Å². The van der Waals surface area contributed by atoms with Crippen molar-refractivity contribution >= 4 is 28.5 Å². The number of anilines is 1. The second-order valence-corrected chi connectivity index (χ2v) is 6.08. The van der Waals surface area contributed by atoms with Gasteiger partial charge in [0.05, 0.1) is 24.4 Å². The van der Waals surface area contributed by atoms with Crippen LogP contribution in [0, 0.1) is 0 Å². The normalized spacial score (nSPS) is 10.3. The summed E-state index contributed by atoms with van der Waals surface area (Å²) >= 11 is 0. The molecule has 0 saturated carbocycles. The zero-order chi connectivity index (χ0) is 20.6. The quantitative estimate of drug-likeness (QED) is 0.280. The fraction of sp³-hybridized carbons (Fsp3) is 0.174. The molecule has 29 heavy (non-hydrogen) atoms. The van der Waals surface area contributed by atoms with Crippen LogP contribution in [-0.4, -0.2) is 30.1 Å². The fourth-order valence-electron chi connectivity index (χ4n) is 2.82. The number of para-hydroxylation sites is 1. The topological polar surface area (TPSA) is 77.5 Å². The number of esters is 2. The third-order valence-corrected chi connectivity index (χ3v) is 4.15. The highest BCUT2D eigenvalue weighted by Crippen LogP contribution is 2.28. The van der Waals surface area contributed by atoms with Crippen molar-refractivity contribution in [1.82, 2.24) is 4.98 Å². The molecule has 0 atom stereocenters. The molecule has 6 nitrogen and oxygen atoms in total. The highest BCUT2D eigenvalue weighted by Gasteiger charge is 2.21. The van der Waals surface area contributed by atoms with Crippen LogP contribution in [0.3, 0.4) is 0 Å². The maximum absolute atomic E-state index is 12.2. The van der Waals surface area contributed by atoms with Gasteiger partial charge in [-0.15, -0.1) is 0 Å². The van der Waals surface area contributed by atoms with Crippen LogP contribution in [-0.2, 0) is 19.1 Å². The number of hydrogen-bond acceptors (Lipinski definition) is 6. The van der Waals surface area contributed by atoms with Crippen molar-refractivity contribution < 1.29 is 19.1 Å². The van der Waals surface area contributed by atoms with Gasteiger partial charge in [-0.2, -0.15) is 0 Å². The average molecular weight is 390 g/mol. The number of nitrogens with one attached hydrogen (secondary N) is 1. The monoisotopic (exact) mass is 390 g/mol. The molecular weight excluding hydrogens is 368 g/mol. The molecular formula is C23H22N2O4. The van der Waals surface area contributed by atoms with E-state index in [9.17, 15) is 9.59 Å². The summed E-state index contributed by atoms with van der Waals surface area (Å²) in [5.41, 5.74) is 3.03. The molecule has 0 amide bonds. The average Bonchev–Trinajstić information content (AvgIpc) is 2.74. The number of benzene rings is 2. The largest absolute Gasteiger partial charge is 0.462 e. The van der Waals surface area contributed by atoms with E-state index < -0.39 is 11.9 Å². The summed E-state index contributed by atoms with van der Waals surface area (Å²) in [6, 6.07) is 19.3. The standard InChI is InChI=1S/C23H22N2O4/c1-3-28-22(26)18(23(27)29-4-2)15-24-21-14-20(16-10-6-5-7-11-16)25-19-13-9-8-12-17(19)21/h5-15H,3-4H2,1-2H3,(H,24,25). The number of rotatable bonds is 7. The van der Waals surface area contributed by atoms with Gasteiger partial charge in [0.15, 0.2) is 5.57 Å². The number of carbonyl (C=O) groups is 2. The molecule has 0 aliphatic carbocycles. The molecule has 1 heterocycles. The van der Waals surface area contributed by atoms with E-state index in [1.807, 2.05) is 60.7 Å². The maximum atomic E-state index is 12.2. The lowest BCUT2D eigenvalue weighted by atomic mass is 10.1. The minimum Gasteiger partial charge on any atom is -0.462 e. The number of fused-ring (bicyclic) bond motifs is 1. The van der Waals surface area contributed by atoms with Crippen molar-refractivity contribution in [1.29, 1.82) is 0 Å². The Hall–Kier alpha value is -3.67. The van der Waals surface area contributed by atoms with Crippen molar-refractivity contribution in [2.75, 3.05) is 18.5 Å². The van der Waals surface area contributed by atoms with Gasteiger partial charge in [-0.05, 0) is 26.0 Å². The molecule has 0 unspecified atom stereocenters. The highest BCUT2D eigenvalue weighted by atomic mass is 16.6. The minimum absolute atomic E-state index is 0.159. The molecule has 2 aromatic carbocycles. The number of aromatic nitrogens is 1. The molecule has 0 spiro atoms. The predicted molar refractivity (Wildman–Crippen MR) is 112 cm³/mol. The third kappa shape index (κ3) is 4.79. The molecule has 0 aliphatic heterocycles. The first-order chi connectivity index (χ1) is 14.1. The van der Waals surface area contributed by atoms with Gasteiger partial charge in [0.1, 0.15) is 0 Å². The molecule has 0 saturated heterocycles. The van der Waals surface area contributed by atoms with E-state index in [4.69, 9.17) is 14.5 Å². The lowest BCUT2D eigenvalue weighted by molar-refractivity contribution is -0.146. The first-order valence-corrected chi connectivity index (χ1v) is 9.40. The van der Waals surface area contributed by atoms with E-state index in [1.165, 1.54) is 6.20 Å². The molecule has 3 rings (SSSR count). The first-order valence-electron chi connectivity index (χ1n) is 9.40. The zero-order valence-electron chi connectivity index (χ0n) is 16.3. The van der Waals surface area contributed by atoms with E-state index in [0.29, 0.717) is 5.69 Å². The Morgan fingerprint density at radius 1 is 0.931 bits per heavy atom. The molecule has 0 fully saturated rings. The van der Waals surface area contributed by atoms with Gasteiger partial charge < -0.3 is 14.8 Å². The summed E-state index contributed by atoms with van der Waals surface area (Å²) in [5.74, 6) is -1.47. The summed E-state index contributed by atoms with van der Waals surface area (Å²) in [7, 11) is 0. The SMILES string of the molecule is CCOC(=O)C(=CNc1cc(-c2ccccc2)nc2ccccc12)C(=O)OCC. The number of hydrogen-bond donors (Lipinski definition) is 1. The van der Waals surface area contributed by atoms with E-state index >= 15 is 0 Å². The zero-order valence-corrected chi connectivity index (χ0v) is 16.3. The summed E-state index contributed by atoms with van der Waals surface area (Å²) in [6.45, 7) is 3.67. The highest BCUT2D eigenvalue weighted by molar-refractivity contribution is 6.14. The molecule has 0 radical (unpaired) electrons. The summed E-state index contributed by atoms with van der Waals surface area (Å²) < 4.78 is 9.96. The molecule has 148 valence electrons. The van der Waals surface area contributed by atoms with Crippen LogP contribution in [0.2, 0.25) is 0 Å². The second kappa shape index (κ2) is 9.50. The van der Waals surface area contributed by atoms with Crippen molar-refractivity contribution in [3.05, 3.63) is 72.4 Å². The Morgan fingerprint density at radius 2 is 1.55 bits per heavy atom. The minimum atomic E-state index is -0.736. The van der Waals surface area contributed by atoms with Gasteiger partial charge in [0, 0.05) is 22.8 Å². The predicted octanol–water partition coefficient (Wildman–Crippen LogP) is 4.32. The van der Waals surface area contributed by atoms with Crippen LogP contribution in [0.1, 0.15) is 13.8 Å². The van der Waals surface area contributed by atoms with Crippen LogP contribution in [0.4, 0.5) is 5.69 Å². The number of nitrogens with zero attached hydrogens (tertiary/aromatic N) is 1. The smallest absolute Gasteiger partial charge is 0.347 e. The molecule has 0 aliphatic rings. The summed E-state index contributed by atoms with van der Waals surface area (Å²) in [6.07, 6.45) is 1.33. The Morgan fingerprint density at radius 3 is 2.21 bits per heavy atom. The van der Waals surface area contributed by atoms with Crippen molar-refractivity contribution in [2.24, 2.45) is 0 Å². The van der Waals surface area contributed by atoms with Crippen LogP contribution in [0.25, 0.3) is 22.2 Å². The summed E-state index contributed by atoms with van der Waals surface area (Å²) in [5, 5.41) is 3.93. The maximum Gasteiger partial charge on any atom is 0.347 e. The van der Waals surface area contributed by atoms with Crippen molar-refractivity contribution in [2.45, 2.75) is 13.8 Å². The Bertz CT molecular complexity index is 1030. The van der Waals surface area contributed by atoms with E-state index in [2.05, 4.69) is 5.32 Å². The molecule has 3 aromatic rings. The molecule has 1 aromatic heterocycles. The van der Waals surface area contributed by atoms with Crippen LogP contribution >= 0.6 is 0 Å². The fourth-order valence-corrected chi connectivity index (χ4v) is 2.82. The van der Waals surface area contributed by atoms with Gasteiger partial charge in [-0.25, -0.2) is 14.6 Å². The third-order valence-electron chi connectivity index (χ3n) is 4.15. The lowest BCUT2D eigenvalue weighted by Gasteiger charge is -2.11. The Labute approximate surface area is 169 Å². The van der Waals surface area contributed by atoms with E-state index in [1.54, 1.807) is 13.8 Å². The van der Waals surface area contributed by atoms with Gasteiger partial charge in [-0.3, -0.25) is 0 Å². The van der Waals surface area contributed by atoms with Crippen LogP contribution < -0.4 is 5.32 Å². The van der Waals surface area contributed by atoms with Gasteiger partial charge in [0.25, 0.3) is 0 Å². The Kier molecular flexibility index (Phi) is 6.58. The number of ether oxygens (including phenoxy) is 2. The van der Waals surface area contributed by atoms with Gasteiger partial charge >= 0.3 is 11.9 Å². The van der Waals surface area contributed by atoms with Crippen LogP contribution in [0.5, 0.6) is 0 Å². The number of pyridine rings is 1. The van der Waals surface area contributed by atoms with Gasteiger partial charge in [0.2, 0.25) is 0 Å². The van der Waals surface area contributed by atoms with E-state index in [-0.39, 0.29) is 18.8 Å². The second-order valence-electron chi connectivity index (χ2n) is 6.08. The number of carbonyl (C=O) groups excluding carboxylic acids is 2. The van der Waals surface area contributed by atoms with Crippen molar-refractivity contribution in [3.8, 4) is 11.3 Å². The summed E-state index contributed by atoms with van der Waals surface area (Å²) in [4.78, 5) is 29.1. The van der Waals surface area contributed by atoms with Crippen molar-refractivity contribution in [3.63, 3.8) is 0 Å².